The van der Waals surface area contributed by atoms with Crippen LogP contribution in [-0.2, 0) is 4.79 Å². The van der Waals surface area contributed by atoms with Gasteiger partial charge in [0.1, 0.15) is 0 Å². The molecule has 0 heterocycles. The number of carbonyl (C=O) groups is 2. The van der Waals surface area contributed by atoms with Crippen molar-refractivity contribution in [1.29, 1.82) is 0 Å². The van der Waals surface area contributed by atoms with Gasteiger partial charge in [0, 0.05) is 25.7 Å². The molecule has 0 aliphatic heterocycles. The number of carbonyl (C=O) groups excluding carboxylic acids is 1. The first-order valence-corrected chi connectivity index (χ1v) is 7.55. The summed E-state index contributed by atoms with van der Waals surface area (Å²) in [6, 6.07) is -0.519. The molecule has 0 saturated heterocycles. The third-order valence-electron chi connectivity index (χ3n) is 3.20. The highest BCUT2D eigenvalue weighted by Gasteiger charge is 2.23. The maximum absolute atomic E-state index is 12.4. The number of likely N-dealkylation sites (N-methyl/N-ethyl adjacent to an activating group) is 1. The number of aliphatic carboxylic acids is 1. The molecule has 124 valence electrons. The van der Waals surface area contributed by atoms with Crippen LogP contribution in [0.5, 0.6) is 0 Å². The van der Waals surface area contributed by atoms with Gasteiger partial charge in [0.15, 0.2) is 0 Å². The maximum atomic E-state index is 12.4. The molecule has 0 saturated carbocycles. The summed E-state index contributed by atoms with van der Waals surface area (Å²) in [6.07, 6.45) is -0.0490. The molecule has 0 bridgehead atoms. The van der Waals surface area contributed by atoms with Crippen molar-refractivity contribution in [3.05, 3.63) is 0 Å². The highest BCUT2D eigenvalue weighted by atomic mass is 16.4. The molecular formula is C15H31N3O3. The van der Waals surface area contributed by atoms with Crippen molar-refractivity contribution in [1.82, 2.24) is 15.1 Å². The Hall–Kier alpha value is -1.30. The number of nitrogens with one attached hydrogen (secondary N) is 1. The summed E-state index contributed by atoms with van der Waals surface area (Å²) in [5.74, 6) is -0.438. The van der Waals surface area contributed by atoms with Crippen molar-refractivity contribution in [2.75, 3.05) is 33.7 Å². The van der Waals surface area contributed by atoms with Crippen molar-refractivity contribution in [3.63, 3.8) is 0 Å². The van der Waals surface area contributed by atoms with Gasteiger partial charge in [-0.1, -0.05) is 27.7 Å². The summed E-state index contributed by atoms with van der Waals surface area (Å²) in [5, 5.41) is 11.8. The second kappa shape index (κ2) is 9.60. The lowest BCUT2D eigenvalue weighted by molar-refractivity contribution is -0.137. The second-order valence-electron chi connectivity index (χ2n) is 6.54. The molecule has 0 rings (SSSR count). The van der Waals surface area contributed by atoms with Crippen molar-refractivity contribution >= 4 is 12.0 Å². The first kappa shape index (κ1) is 19.7. The lowest BCUT2D eigenvalue weighted by Gasteiger charge is -2.29. The first-order chi connectivity index (χ1) is 9.63. The molecule has 1 unspecified atom stereocenters. The Morgan fingerprint density at radius 3 is 2.05 bits per heavy atom. The molecule has 0 aliphatic carbocycles. The molecule has 0 aromatic heterocycles. The normalized spacial score (nSPS) is 12.8. The predicted octanol–water partition coefficient (Wildman–Crippen LogP) is 1.71. The van der Waals surface area contributed by atoms with Crippen molar-refractivity contribution < 1.29 is 14.7 Å². The molecule has 2 amide bonds. The lowest BCUT2D eigenvalue weighted by Crippen LogP contribution is -2.50. The number of amides is 2. The van der Waals surface area contributed by atoms with Crippen LogP contribution in [-0.4, -0.2) is 66.7 Å². The van der Waals surface area contributed by atoms with E-state index in [9.17, 15) is 9.59 Å². The van der Waals surface area contributed by atoms with E-state index in [1.807, 2.05) is 32.8 Å². The highest BCUT2D eigenvalue weighted by molar-refractivity contribution is 5.76. The summed E-state index contributed by atoms with van der Waals surface area (Å²) in [5.41, 5.74) is 0. The van der Waals surface area contributed by atoms with Gasteiger partial charge in [-0.2, -0.15) is 0 Å². The van der Waals surface area contributed by atoms with Gasteiger partial charge in [0.2, 0.25) is 0 Å². The summed E-state index contributed by atoms with van der Waals surface area (Å²) < 4.78 is 0. The topological polar surface area (TPSA) is 72.9 Å². The van der Waals surface area contributed by atoms with Crippen LogP contribution in [0.25, 0.3) is 0 Å². The van der Waals surface area contributed by atoms with Gasteiger partial charge in [-0.3, -0.25) is 4.79 Å². The molecule has 21 heavy (non-hydrogen) atoms. The van der Waals surface area contributed by atoms with E-state index in [1.165, 1.54) is 0 Å². The Bertz CT molecular complexity index is 330. The molecule has 1 atom stereocenters. The summed E-state index contributed by atoms with van der Waals surface area (Å²) >= 11 is 0. The van der Waals surface area contributed by atoms with Gasteiger partial charge >= 0.3 is 12.0 Å². The third-order valence-corrected chi connectivity index (χ3v) is 3.20. The van der Waals surface area contributed by atoms with Crippen LogP contribution in [0.4, 0.5) is 4.79 Å². The molecular weight excluding hydrogens is 270 g/mol. The Balaban J connectivity index is 4.71. The molecule has 0 aromatic carbocycles. The fraction of sp³-hybridized carbons (Fsp3) is 0.867. The minimum atomic E-state index is -0.891. The molecule has 0 spiro atoms. The smallest absolute Gasteiger partial charge is 0.317 e. The molecule has 0 aliphatic rings. The Morgan fingerprint density at radius 1 is 1.10 bits per heavy atom. The molecule has 6 heteroatoms. The van der Waals surface area contributed by atoms with Crippen LogP contribution in [0.1, 0.15) is 34.1 Å². The van der Waals surface area contributed by atoms with Crippen molar-refractivity contribution in [2.24, 2.45) is 11.8 Å². The largest absolute Gasteiger partial charge is 0.481 e. The van der Waals surface area contributed by atoms with Gasteiger partial charge in [-0.05, 0) is 25.9 Å². The highest BCUT2D eigenvalue weighted by Crippen LogP contribution is 2.08. The zero-order chi connectivity index (χ0) is 16.6. The number of rotatable bonds is 9. The summed E-state index contributed by atoms with van der Waals surface area (Å²) in [4.78, 5) is 27.1. The van der Waals surface area contributed by atoms with E-state index in [4.69, 9.17) is 5.11 Å². The zero-order valence-corrected chi connectivity index (χ0v) is 14.2. The van der Waals surface area contributed by atoms with E-state index >= 15 is 0 Å². The van der Waals surface area contributed by atoms with Crippen molar-refractivity contribution in [3.8, 4) is 0 Å². The van der Waals surface area contributed by atoms with Crippen LogP contribution in [0.3, 0.4) is 0 Å². The average molecular weight is 301 g/mol. The zero-order valence-electron chi connectivity index (χ0n) is 14.2. The van der Waals surface area contributed by atoms with E-state index in [0.717, 1.165) is 6.54 Å². The third kappa shape index (κ3) is 9.28. The quantitative estimate of drug-likeness (QED) is 0.680. The standard InChI is InChI=1S/C15H31N3O3/c1-11(2)10-18(8-7-17(5)6)15(21)16-13(12(3)4)9-14(19)20/h11-13H,7-10H2,1-6H3,(H,16,21)(H,19,20). The van der Waals surface area contributed by atoms with Gasteiger partial charge < -0.3 is 20.2 Å². The molecule has 6 nitrogen and oxygen atoms in total. The van der Waals surface area contributed by atoms with E-state index in [0.29, 0.717) is 19.0 Å². The Kier molecular flexibility index (Phi) is 9.01. The van der Waals surface area contributed by atoms with Crippen molar-refractivity contribution in [2.45, 2.75) is 40.2 Å². The van der Waals surface area contributed by atoms with E-state index in [2.05, 4.69) is 19.2 Å². The minimum absolute atomic E-state index is 0.0490. The molecule has 2 N–H and O–H groups in total. The second-order valence-corrected chi connectivity index (χ2v) is 6.54. The van der Waals surface area contributed by atoms with Gasteiger partial charge in [-0.15, -0.1) is 0 Å². The minimum Gasteiger partial charge on any atom is -0.481 e. The van der Waals surface area contributed by atoms with Crippen LogP contribution in [0.15, 0.2) is 0 Å². The predicted molar refractivity (Wildman–Crippen MR) is 84.4 cm³/mol. The number of carboxylic acid groups (broad SMARTS) is 1. The number of carboxylic acids is 1. The number of hydrogen-bond acceptors (Lipinski definition) is 3. The van der Waals surface area contributed by atoms with Crippen LogP contribution in [0.2, 0.25) is 0 Å². The number of hydrogen-bond donors (Lipinski definition) is 2. The fourth-order valence-electron chi connectivity index (χ4n) is 1.93. The lowest BCUT2D eigenvalue weighted by atomic mass is 10.0. The number of nitrogens with zero attached hydrogens (tertiary/aromatic N) is 2. The summed E-state index contributed by atoms with van der Waals surface area (Å²) in [7, 11) is 3.93. The van der Waals surface area contributed by atoms with Crippen LogP contribution in [0, 0.1) is 11.8 Å². The maximum Gasteiger partial charge on any atom is 0.317 e. The SMILES string of the molecule is CC(C)CN(CCN(C)C)C(=O)NC(CC(=O)O)C(C)C. The fourth-order valence-corrected chi connectivity index (χ4v) is 1.93. The van der Waals surface area contributed by atoms with Gasteiger partial charge in [-0.25, -0.2) is 4.79 Å². The monoisotopic (exact) mass is 301 g/mol. The van der Waals surface area contributed by atoms with E-state index < -0.39 is 5.97 Å². The number of urea groups is 1. The average Bonchev–Trinajstić information content (AvgIpc) is 2.32. The Labute approximate surface area is 128 Å². The van der Waals surface area contributed by atoms with Gasteiger partial charge in [0.05, 0.1) is 6.42 Å². The summed E-state index contributed by atoms with van der Waals surface area (Å²) in [6.45, 7) is 10.0. The van der Waals surface area contributed by atoms with Crippen LogP contribution < -0.4 is 5.32 Å². The van der Waals surface area contributed by atoms with Gasteiger partial charge in [0.25, 0.3) is 0 Å². The van der Waals surface area contributed by atoms with Crippen LogP contribution >= 0.6 is 0 Å². The first-order valence-electron chi connectivity index (χ1n) is 7.55. The Morgan fingerprint density at radius 2 is 1.67 bits per heavy atom. The molecule has 0 aromatic rings. The molecule has 0 radical (unpaired) electrons. The van der Waals surface area contributed by atoms with E-state index in [-0.39, 0.29) is 24.4 Å². The van der Waals surface area contributed by atoms with E-state index in [1.54, 1.807) is 4.90 Å². The molecule has 0 fully saturated rings.